The number of guanidine groups is 1. The summed E-state index contributed by atoms with van der Waals surface area (Å²) in [4.78, 5) is 49.7. The molecule has 0 saturated carbocycles. The number of H-pyrrole nitrogens is 1. The third-order valence-corrected chi connectivity index (χ3v) is 5.80. The maximum Gasteiger partial charge on any atom is 0.251 e. The van der Waals surface area contributed by atoms with Gasteiger partial charge in [0.15, 0.2) is 5.03 Å². The Hall–Kier alpha value is -4.74. The molecule has 3 rings (SSSR count). The lowest BCUT2D eigenvalue weighted by atomic mass is 9.89. The highest BCUT2D eigenvalue weighted by Crippen LogP contribution is 2.28. The summed E-state index contributed by atoms with van der Waals surface area (Å²) >= 11 is 0. The topological polar surface area (TPSA) is 186 Å². The van der Waals surface area contributed by atoms with Crippen LogP contribution in [0.15, 0.2) is 78.2 Å². The molecule has 2 amide bonds. The van der Waals surface area contributed by atoms with Gasteiger partial charge in [-0.25, -0.2) is 20.1 Å². The first kappa shape index (κ1) is 26.9. The normalized spacial score (nSPS) is 12.2. The predicted molar refractivity (Wildman–Crippen MR) is 138 cm³/mol. The number of hydrazine groups is 1. The smallest absolute Gasteiger partial charge is 0.251 e. The van der Waals surface area contributed by atoms with Gasteiger partial charge in [0.05, 0.1) is 12.2 Å². The fraction of sp³-hybridized carbons (Fsp3) is 0.280. The Morgan fingerprint density at radius 2 is 1.70 bits per heavy atom. The molecule has 0 aliphatic heterocycles. The van der Waals surface area contributed by atoms with Crippen LogP contribution in [0, 0.1) is 10.1 Å². The minimum Gasteiger partial charge on any atom is -0.368 e. The molecule has 1 atom stereocenters. The van der Waals surface area contributed by atoms with Gasteiger partial charge in [-0.15, -0.1) is 0 Å². The molecule has 3 aromatic rings. The number of nitrogens with one attached hydrogen (secondary N) is 2. The lowest BCUT2D eigenvalue weighted by Crippen LogP contribution is -2.50. The molecule has 6 N–H and O–H groups in total. The third-order valence-electron chi connectivity index (χ3n) is 5.80. The molecule has 2 aromatic carbocycles. The SMILES string of the molecule is NC(=O)[C@H](CCCN=C(N)N[N+](=O)[O-])N(CCc1cnc[nH]1)C(=O)C(c1ccccc1)c1ccccc1. The molecule has 0 saturated heterocycles. The predicted octanol–water partition coefficient (Wildman–Crippen LogP) is 1.34. The summed E-state index contributed by atoms with van der Waals surface area (Å²) in [6.07, 6.45) is 4.17. The maximum absolute atomic E-state index is 14.2. The molecule has 0 fully saturated rings. The van der Waals surface area contributed by atoms with Crippen LogP contribution < -0.4 is 16.9 Å². The molecule has 0 spiro atoms. The van der Waals surface area contributed by atoms with Gasteiger partial charge in [0, 0.05) is 31.4 Å². The van der Waals surface area contributed by atoms with Crippen molar-refractivity contribution in [3.63, 3.8) is 0 Å². The molecule has 12 heteroatoms. The minimum absolute atomic E-state index is 0.111. The number of benzene rings is 2. The second-order valence-electron chi connectivity index (χ2n) is 8.31. The van der Waals surface area contributed by atoms with E-state index in [1.54, 1.807) is 17.9 Å². The first-order chi connectivity index (χ1) is 17.9. The lowest BCUT2D eigenvalue weighted by molar-refractivity contribution is -0.525. The van der Waals surface area contributed by atoms with Crippen LogP contribution in [0.2, 0.25) is 0 Å². The molecule has 0 bridgehead atoms. The maximum atomic E-state index is 14.2. The van der Waals surface area contributed by atoms with Crippen LogP contribution in [0.4, 0.5) is 0 Å². The molecule has 1 heterocycles. The van der Waals surface area contributed by atoms with E-state index in [-0.39, 0.29) is 31.4 Å². The average Bonchev–Trinajstić information content (AvgIpc) is 3.40. The number of nitro groups is 1. The van der Waals surface area contributed by atoms with Gasteiger partial charge < -0.3 is 21.4 Å². The Bertz CT molecular complexity index is 1150. The summed E-state index contributed by atoms with van der Waals surface area (Å²) < 4.78 is 0. The highest BCUT2D eigenvalue weighted by atomic mass is 16.7. The van der Waals surface area contributed by atoms with E-state index in [1.165, 1.54) is 4.90 Å². The van der Waals surface area contributed by atoms with Crippen LogP contribution in [-0.2, 0) is 16.0 Å². The molecule has 37 heavy (non-hydrogen) atoms. The van der Waals surface area contributed by atoms with Gasteiger partial charge in [-0.05, 0) is 24.0 Å². The molecule has 1 aromatic heterocycles. The van der Waals surface area contributed by atoms with Gasteiger partial charge in [-0.3, -0.25) is 9.59 Å². The van der Waals surface area contributed by atoms with Crippen molar-refractivity contribution in [2.45, 2.75) is 31.2 Å². The largest absolute Gasteiger partial charge is 0.368 e. The standard InChI is InChI=1S/C25H30N8O4/c26-23(34)21(12-7-14-29-25(27)31-33(36)37)32(15-13-20-16-28-17-30-20)24(35)22(18-8-3-1-4-9-18)19-10-5-2-6-11-19/h1-6,8-11,16-17,21-22H,7,12-15H2,(H2,26,34)(H,28,30)(H3,27,29,31)/t21-/m0/s1. The van der Waals surface area contributed by atoms with E-state index in [1.807, 2.05) is 60.7 Å². The summed E-state index contributed by atoms with van der Waals surface area (Å²) in [5.41, 5.74) is 15.4. The van der Waals surface area contributed by atoms with Crippen molar-refractivity contribution in [1.82, 2.24) is 20.3 Å². The average molecular weight is 507 g/mol. The number of aromatic nitrogens is 2. The van der Waals surface area contributed by atoms with Crippen molar-refractivity contribution in [3.8, 4) is 0 Å². The monoisotopic (exact) mass is 506 g/mol. The zero-order valence-electron chi connectivity index (χ0n) is 20.2. The number of nitrogens with zero attached hydrogens (tertiary/aromatic N) is 4. The van der Waals surface area contributed by atoms with Gasteiger partial charge in [-0.1, -0.05) is 66.1 Å². The van der Waals surface area contributed by atoms with Crippen LogP contribution in [0.3, 0.4) is 0 Å². The van der Waals surface area contributed by atoms with Crippen LogP contribution in [0.25, 0.3) is 0 Å². The van der Waals surface area contributed by atoms with Crippen molar-refractivity contribution in [2.75, 3.05) is 13.1 Å². The summed E-state index contributed by atoms with van der Waals surface area (Å²) in [6.45, 7) is 0.332. The number of rotatable bonds is 13. The Labute approximate surface area is 213 Å². The number of carbonyl (C=O) groups excluding carboxylic acids is 2. The highest BCUT2D eigenvalue weighted by molar-refractivity contribution is 5.92. The number of hydrogen-bond acceptors (Lipinski definition) is 6. The molecule has 0 aliphatic rings. The third kappa shape index (κ3) is 7.88. The van der Waals surface area contributed by atoms with Gasteiger partial charge >= 0.3 is 0 Å². The van der Waals surface area contributed by atoms with Gasteiger partial charge in [0.1, 0.15) is 6.04 Å². The number of carbonyl (C=O) groups is 2. The van der Waals surface area contributed by atoms with Crippen molar-refractivity contribution < 1.29 is 14.6 Å². The van der Waals surface area contributed by atoms with Crippen molar-refractivity contribution in [3.05, 3.63) is 100 Å². The number of primary amides is 1. The van der Waals surface area contributed by atoms with Gasteiger partial charge in [0.2, 0.25) is 11.8 Å². The molecule has 194 valence electrons. The number of amides is 2. The van der Waals surface area contributed by atoms with E-state index in [0.717, 1.165) is 16.8 Å². The van der Waals surface area contributed by atoms with Gasteiger partial charge in [-0.2, -0.15) is 0 Å². The Kier molecular flexibility index (Phi) is 9.71. The second-order valence-corrected chi connectivity index (χ2v) is 8.31. The second kappa shape index (κ2) is 13.4. The zero-order valence-corrected chi connectivity index (χ0v) is 20.2. The van der Waals surface area contributed by atoms with Gasteiger partial charge in [0.25, 0.3) is 5.96 Å². The number of aromatic amines is 1. The minimum atomic E-state index is -0.926. The summed E-state index contributed by atoms with van der Waals surface area (Å²) in [7, 11) is 0. The molecule has 0 radical (unpaired) electrons. The molecular formula is C25H30N8O4. The van der Waals surface area contributed by atoms with Crippen LogP contribution in [-0.4, -0.2) is 56.8 Å². The summed E-state index contributed by atoms with van der Waals surface area (Å²) in [5, 5.41) is 9.68. The molecular weight excluding hydrogens is 476 g/mol. The fourth-order valence-electron chi connectivity index (χ4n) is 4.08. The van der Waals surface area contributed by atoms with E-state index < -0.39 is 22.9 Å². The lowest BCUT2D eigenvalue weighted by Gasteiger charge is -2.33. The van der Waals surface area contributed by atoms with Crippen LogP contribution in [0.1, 0.15) is 35.6 Å². The Morgan fingerprint density at radius 3 is 2.22 bits per heavy atom. The quantitative estimate of drug-likeness (QED) is 0.0885. The van der Waals surface area contributed by atoms with Crippen LogP contribution in [0.5, 0.6) is 0 Å². The summed E-state index contributed by atoms with van der Waals surface area (Å²) in [5.74, 6) is -1.91. The molecule has 0 aliphatic carbocycles. The Balaban J connectivity index is 1.89. The van der Waals surface area contributed by atoms with E-state index in [2.05, 4.69) is 15.0 Å². The number of nitrogens with two attached hydrogens (primary N) is 2. The van der Waals surface area contributed by atoms with E-state index in [4.69, 9.17) is 11.5 Å². The number of imidazole rings is 1. The highest BCUT2D eigenvalue weighted by Gasteiger charge is 2.34. The number of hydrogen-bond donors (Lipinski definition) is 4. The van der Waals surface area contributed by atoms with Crippen LogP contribution >= 0.6 is 0 Å². The van der Waals surface area contributed by atoms with E-state index in [9.17, 15) is 19.7 Å². The van der Waals surface area contributed by atoms with E-state index >= 15 is 0 Å². The van der Waals surface area contributed by atoms with E-state index in [0.29, 0.717) is 12.8 Å². The fourth-order valence-corrected chi connectivity index (χ4v) is 4.08. The Morgan fingerprint density at radius 1 is 1.08 bits per heavy atom. The van der Waals surface area contributed by atoms with Crippen molar-refractivity contribution >= 4 is 17.8 Å². The first-order valence-corrected chi connectivity index (χ1v) is 11.7. The van der Waals surface area contributed by atoms with Crippen molar-refractivity contribution in [1.29, 1.82) is 0 Å². The van der Waals surface area contributed by atoms with Crippen molar-refractivity contribution in [2.24, 2.45) is 16.5 Å². The molecule has 0 unspecified atom stereocenters. The number of aliphatic imine (C=N–C) groups is 1. The first-order valence-electron chi connectivity index (χ1n) is 11.7. The zero-order chi connectivity index (χ0) is 26.6. The summed E-state index contributed by atoms with van der Waals surface area (Å²) in [6, 6.07) is 17.8. The molecule has 12 nitrogen and oxygen atoms in total.